The molecule has 1 atom stereocenters. The summed E-state index contributed by atoms with van der Waals surface area (Å²) in [7, 11) is 0. The predicted molar refractivity (Wildman–Crippen MR) is 66.7 cm³/mol. The molecule has 0 saturated heterocycles. The summed E-state index contributed by atoms with van der Waals surface area (Å²) in [6.07, 6.45) is 4.46. The van der Waals surface area contributed by atoms with Crippen LogP contribution in [0, 0.1) is 5.92 Å². The van der Waals surface area contributed by atoms with E-state index in [-0.39, 0.29) is 18.0 Å². The van der Waals surface area contributed by atoms with E-state index in [4.69, 9.17) is 9.84 Å². The van der Waals surface area contributed by atoms with Crippen molar-refractivity contribution in [3.05, 3.63) is 0 Å². The molecular formula is C13H25NO3. The van der Waals surface area contributed by atoms with Crippen molar-refractivity contribution in [2.24, 2.45) is 5.92 Å². The number of aliphatic hydroxyl groups excluding tert-OH is 1. The fourth-order valence-electron chi connectivity index (χ4n) is 2.29. The Morgan fingerprint density at radius 1 is 1.41 bits per heavy atom. The Labute approximate surface area is 104 Å². The molecule has 1 unspecified atom stereocenters. The molecule has 0 heterocycles. The highest BCUT2D eigenvalue weighted by Gasteiger charge is 2.26. The normalized spacial score (nSPS) is 26.5. The topological polar surface area (TPSA) is 58.6 Å². The van der Waals surface area contributed by atoms with Crippen LogP contribution in [0.2, 0.25) is 0 Å². The zero-order valence-corrected chi connectivity index (χ0v) is 10.9. The van der Waals surface area contributed by atoms with E-state index in [1.54, 1.807) is 6.92 Å². The summed E-state index contributed by atoms with van der Waals surface area (Å²) in [6.45, 7) is 4.98. The fourth-order valence-corrected chi connectivity index (χ4v) is 2.29. The minimum atomic E-state index is -0.238. The lowest BCUT2D eigenvalue weighted by molar-refractivity contribution is -0.149. The van der Waals surface area contributed by atoms with Crippen LogP contribution in [0.1, 0.15) is 46.0 Å². The second-order valence-electron chi connectivity index (χ2n) is 4.89. The van der Waals surface area contributed by atoms with Gasteiger partial charge in [-0.15, -0.1) is 0 Å². The molecule has 0 aromatic heterocycles. The molecule has 1 aliphatic rings. The Balaban J connectivity index is 2.15. The molecule has 0 radical (unpaired) electrons. The van der Waals surface area contributed by atoms with E-state index in [9.17, 15) is 4.79 Å². The van der Waals surface area contributed by atoms with Gasteiger partial charge in [-0.25, -0.2) is 0 Å². The van der Waals surface area contributed by atoms with Crippen LogP contribution < -0.4 is 5.32 Å². The Morgan fingerprint density at radius 2 is 2.06 bits per heavy atom. The minimum absolute atomic E-state index is 0.0325. The first-order chi connectivity index (χ1) is 8.13. The molecule has 0 aromatic carbocycles. The number of esters is 1. The number of aliphatic hydroxyl groups is 1. The molecule has 0 aromatic rings. The summed E-state index contributed by atoms with van der Waals surface area (Å²) in [5.74, 6) is 0.0692. The van der Waals surface area contributed by atoms with Gasteiger partial charge in [0.1, 0.15) is 0 Å². The number of rotatable bonds is 6. The Kier molecular flexibility index (Phi) is 6.52. The van der Waals surface area contributed by atoms with Gasteiger partial charge in [0.15, 0.2) is 0 Å². The van der Waals surface area contributed by atoms with Gasteiger partial charge >= 0.3 is 5.97 Å². The molecule has 100 valence electrons. The zero-order chi connectivity index (χ0) is 12.7. The molecule has 0 aliphatic heterocycles. The Bertz CT molecular complexity index is 223. The number of carbonyl (C=O) groups is 1. The van der Waals surface area contributed by atoms with Crippen LogP contribution in [0.25, 0.3) is 0 Å². The van der Waals surface area contributed by atoms with Gasteiger partial charge < -0.3 is 15.2 Å². The maximum absolute atomic E-state index is 11.5. The first kappa shape index (κ1) is 14.5. The lowest BCUT2D eigenvalue weighted by atomic mass is 9.86. The second kappa shape index (κ2) is 7.67. The molecule has 17 heavy (non-hydrogen) atoms. The lowest BCUT2D eigenvalue weighted by Crippen LogP contribution is -2.36. The van der Waals surface area contributed by atoms with Gasteiger partial charge in [-0.3, -0.25) is 4.79 Å². The van der Waals surface area contributed by atoms with Crippen LogP contribution in [-0.4, -0.2) is 36.4 Å². The third-order valence-corrected chi connectivity index (χ3v) is 3.34. The molecule has 4 nitrogen and oxygen atoms in total. The van der Waals surface area contributed by atoms with E-state index in [2.05, 4.69) is 5.32 Å². The van der Waals surface area contributed by atoms with Crippen molar-refractivity contribution < 1.29 is 14.6 Å². The van der Waals surface area contributed by atoms with Crippen LogP contribution in [0.4, 0.5) is 0 Å². The van der Waals surface area contributed by atoms with E-state index in [0.717, 1.165) is 38.6 Å². The van der Waals surface area contributed by atoms with Crippen molar-refractivity contribution in [3.8, 4) is 0 Å². The molecule has 0 amide bonds. The number of hydrogen-bond donors (Lipinski definition) is 2. The number of hydrogen-bond acceptors (Lipinski definition) is 4. The van der Waals surface area contributed by atoms with E-state index < -0.39 is 0 Å². The average molecular weight is 243 g/mol. The highest BCUT2D eigenvalue weighted by Crippen LogP contribution is 2.25. The number of nitrogens with one attached hydrogen (secondary N) is 1. The van der Waals surface area contributed by atoms with Gasteiger partial charge in [0, 0.05) is 6.04 Å². The zero-order valence-electron chi connectivity index (χ0n) is 10.9. The van der Waals surface area contributed by atoms with Crippen LogP contribution >= 0.6 is 0 Å². The van der Waals surface area contributed by atoms with E-state index in [0.29, 0.717) is 12.6 Å². The standard InChI is InChI=1S/C13H25NO3/c1-3-17-13(16)11-4-6-12(7-5-11)14-9-8-10(2)15/h10-12,14-15H,3-9H2,1-2H3. The smallest absolute Gasteiger partial charge is 0.308 e. The minimum Gasteiger partial charge on any atom is -0.466 e. The van der Waals surface area contributed by atoms with Crippen LogP contribution in [0.5, 0.6) is 0 Å². The Hall–Kier alpha value is -0.610. The number of ether oxygens (including phenoxy) is 1. The maximum Gasteiger partial charge on any atom is 0.308 e. The molecule has 2 N–H and O–H groups in total. The highest BCUT2D eigenvalue weighted by atomic mass is 16.5. The predicted octanol–water partition coefficient (Wildman–Crippen LogP) is 1.47. The third-order valence-electron chi connectivity index (χ3n) is 3.34. The van der Waals surface area contributed by atoms with Crippen molar-refractivity contribution in [2.45, 2.75) is 58.1 Å². The summed E-state index contributed by atoms with van der Waals surface area (Å²) in [5, 5.41) is 12.6. The molecule has 0 bridgehead atoms. The summed E-state index contributed by atoms with van der Waals surface area (Å²) < 4.78 is 5.04. The molecule has 0 spiro atoms. The summed E-state index contributed by atoms with van der Waals surface area (Å²) in [6, 6.07) is 0.499. The van der Waals surface area contributed by atoms with Crippen molar-refractivity contribution in [3.63, 3.8) is 0 Å². The van der Waals surface area contributed by atoms with Gasteiger partial charge in [0.2, 0.25) is 0 Å². The van der Waals surface area contributed by atoms with Gasteiger partial charge in [-0.05, 0) is 52.5 Å². The first-order valence-corrected chi connectivity index (χ1v) is 6.71. The van der Waals surface area contributed by atoms with Crippen molar-refractivity contribution in [2.75, 3.05) is 13.2 Å². The van der Waals surface area contributed by atoms with Crippen LogP contribution in [0.15, 0.2) is 0 Å². The monoisotopic (exact) mass is 243 g/mol. The second-order valence-corrected chi connectivity index (χ2v) is 4.89. The van der Waals surface area contributed by atoms with Crippen LogP contribution in [-0.2, 0) is 9.53 Å². The van der Waals surface area contributed by atoms with Gasteiger partial charge in [0.25, 0.3) is 0 Å². The quantitative estimate of drug-likeness (QED) is 0.694. The average Bonchev–Trinajstić information content (AvgIpc) is 2.30. The first-order valence-electron chi connectivity index (χ1n) is 6.71. The Morgan fingerprint density at radius 3 is 2.59 bits per heavy atom. The van der Waals surface area contributed by atoms with Crippen molar-refractivity contribution in [1.82, 2.24) is 5.32 Å². The van der Waals surface area contributed by atoms with Crippen molar-refractivity contribution >= 4 is 5.97 Å². The molecular weight excluding hydrogens is 218 g/mol. The highest BCUT2D eigenvalue weighted by molar-refractivity contribution is 5.72. The van der Waals surface area contributed by atoms with Gasteiger partial charge in [0.05, 0.1) is 18.6 Å². The number of carbonyl (C=O) groups excluding carboxylic acids is 1. The SMILES string of the molecule is CCOC(=O)C1CCC(NCCC(C)O)CC1. The lowest BCUT2D eigenvalue weighted by Gasteiger charge is -2.28. The molecule has 1 saturated carbocycles. The third kappa shape index (κ3) is 5.50. The molecule has 4 heteroatoms. The van der Waals surface area contributed by atoms with Gasteiger partial charge in [-0.1, -0.05) is 0 Å². The van der Waals surface area contributed by atoms with Gasteiger partial charge in [-0.2, -0.15) is 0 Å². The summed E-state index contributed by atoms with van der Waals surface area (Å²) >= 11 is 0. The van der Waals surface area contributed by atoms with E-state index in [1.165, 1.54) is 0 Å². The largest absolute Gasteiger partial charge is 0.466 e. The van der Waals surface area contributed by atoms with Crippen molar-refractivity contribution in [1.29, 1.82) is 0 Å². The molecule has 1 fully saturated rings. The summed E-state index contributed by atoms with van der Waals surface area (Å²) in [5.41, 5.74) is 0. The summed E-state index contributed by atoms with van der Waals surface area (Å²) in [4.78, 5) is 11.5. The van der Waals surface area contributed by atoms with Crippen LogP contribution in [0.3, 0.4) is 0 Å². The fraction of sp³-hybridized carbons (Fsp3) is 0.923. The van der Waals surface area contributed by atoms with E-state index >= 15 is 0 Å². The maximum atomic E-state index is 11.5. The van der Waals surface area contributed by atoms with E-state index in [1.807, 2.05) is 6.92 Å². The molecule has 1 rings (SSSR count). The molecule has 1 aliphatic carbocycles.